The van der Waals surface area contributed by atoms with Gasteiger partial charge in [0.1, 0.15) is 0 Å². The lowest BCUT2D eigenvalue weighted by Crippen LogP contribution is -2.50. The van der Waals surface area contributed by atoms with E-state index in [1.54, 1.807) is 0 Å². The minimum absolute atomic E-state index is 0.240. The number of rotatable bonds is 4. The van der Waals surface area contributed by atoms with Crippen molar-refractivity contribution in [2.24, 2.45) is 11.8 Å². The Morgan fingerprint density at radius 2 is 2.16 bits per heavy atom. The Morgan fingerprint density at radius 3 is 2.84 bits per heavy atom. The van der Waals surface area contributed by atoms with Crippen molar-refractivity contribution in [2.75, 3.05) is 20.2 Å². The van der Waals surface area contributed by atoms with Crippen LogP contribution in [0.2, 0.25) is 0 Å². The van der Waals surface area contributed by atoms with E-state index in [1.165, 1.54) is 38.5 Å². The average molecular weight is 264 g/mol. The van der Waals surface area contributed by atoms with E-state index in [0.29, 0.717) is 12.1 Å². The van der Waals surface area contributed by atoms with Gasteiger partial charge in [-0.05, 0) is 44.6 Å². The lowest BCUT2D eigenvalue weighted by Gasteiger charge is -2.43. The summed E-state index contributed by atoms with van der Waals surface area (Å²) in [6.45, 7) is 4.45. The molecule has 2 fully saturated rings. The molecule has 19 heavy (non-hydrogen) atoms. The molecule has 1 heterocycles. The van der Waals surface area contributed by atoms with E-state index in [9.17, 15) is 5.26 Å². The molecule has 0 radical (unpaired) electrons. The standard InChI is InChI=1S/C16H28N2O/c1-3-5-13-7-8-14(11-17)16(10-13)18-9-4-6-15(12-18)19-2/h13-16H,3-10,12H2,1-2H3. The highest BCUT2D eigenvalue weighted by Crippen LogP contribution is 2.35. The molecular formula is C16H28N2O. The number of piperidine rings is 1. The Balaban J connectivity index is 1.99. The molecule has 2 aliphatic rings. The summed E-state index contributed by atoms with van der Waals surface area (Å²) in [7, 11) is 1.82. The second-order valence-electron chi connectivity index (χ2n) is 6.27. The van der Waals surface area contributed by atoms with E-state index in [-0.39, 0.29) is 5.92 Å². The third kappa shape index (κ3) is 3.70. The summed E-state index contributed by atoms with van der Waals surface area (Å²) in [6, 6.07) is 3.04. The Labute approximate surface area is 117 Å². The maximum Gasteiger partial charge on any atom is 0.0698 e. The minimum atomic E-state index is 0.240. The molecule has 0 bridgehead atoms. The first kappa shape index (κ1) is 14.8. The van der Waals surface area contributed by atoms with Crippen LogP contribution in [0.5, 0.6) is 0 Å². The molecule has 4 unspecified atom stereocenters. The van der Waals surface area contributed by atoms with Crippen LogP contribution in [-0.2, 0) is 4.74 Å². The number of hydrogen-bond donors (Lipinski definition) is 0. The van der Waals surface area contributed by atoms with Gasteiger partial charge >= 0.3 is 0 Å². The van der Waals surface area contributed by atoms with Crippen LogP contribution in [0.25, 0.3) is 0 Å². The number of methoxy groups -OCH3 is 1. The summed E-state index contributed by atoms with van der Waals surface area (Å²) in [5, 5.41) is 9.42. The number of nitriles is 1. The summed E-state index contributed by atoms with van der Waals surface area (Å²) < 4.78 is 5.53. The summed E-state index contributed by atoms with van der Waals surface area (Å²) in [6.07, 6.45) is 8.94. The normalized spacial score (nSPS) is 36.9. The van der Waals surface area contributed by atoms with Crippen LogP contribution in [0.3, 0.4) is 0 Å². The highest BCUT2D eigenvalue weighted by Gasteiger charge is 2.36. The van der Waals surface area contributed by atoms with Crippen LogP contribution < -0.4 is 0 Å². The highest BCUT2D eigenvalue weighted by molar-refractivity contribution is 4.98. The Kier molecular flexibility index (Phi) is 5.66. The zero-order valence-electron chi connectivity index (χ0n) is 12.5. The first-order valence-electron chi connectivity index (χ1n) is 7.95. The van der Waals surface area contributed by atoms with Crippen molar-refractivity contribution in [3.63, 3.8) is 0 Å². The van der Waals surface area contributed by atoms with Gasteiger partial charge in [0.15, 0.2) is 0 Å². The Hall–Kier alpha value is -0.590. The van der Waals surface area contributed by atoms with Crippen LogP contribution >= 0.6 is 0 Å². The molecule has 3 heteroatoms. The average Bonchev–Trinajstić information content (AvgIpc) is 2.47. The molecule has 1 saturated heterocycles. The van der Waals surface area contributed by atoms with Gasteiger partial charge in [-0.25, -0.2) is 0 Å². The maximum atomic E-state index is 9.42. The maximum absolute atomic E-state index is 9.42. The van der Waals surface area contributed by atoms with Crippen molar-refractivity contribution in [3.8, 4) is 6.07 Å². The van der Waals surface area contributed by atoms with Crippen LogP contribution in [0.15, 0.2) is 0 Å². The molecule has 4 atom stereocenters. The second kappa shape index (κ2) is 7.26. The molecule has 0 aromatic carbocycles. The van der Waals surface area contributed by atoms with E-state index < -0.39 is 0 Å². The highest BCUT2D eigenvalue weighted by atomic mass is 16.5. The second-order valence-corrected chi connectivity index (χ2v) is 6.27. The van der Waals surface area contributed by atoms with Gasteiger partial charge in [0, 0.05) is 19.7 Å². The minimum Gasteiger partial charge on any atom is -0.380 e. The molecule has 0 spiro atoms. The molecule has 1 aliphatic carbocycles. The van der Waals surface area contributed by atoms with Gasteiger partial charge in [0.05, 0.1) is 18.1 Å². The quantitative estimate of drug-likeness (QED) is 0.782. The van der Waals surface area contributed by atoms with Gasteiger partial charge in [-0.3, -0.25) is 4.90 Å². The van der Waals surface area contributed by atoms with Gasteiger partial charge in [0.2, 0.25) is 0 Å². The zero-order valence-corrected chi connectivity index (χ0v) is 12.5. The predicted molar refractivity (Wildman–Crippen MR) is 76.7 cm³/mol. The van der Waals surface area contributed by atoms with Crippen molar-refractivity contribution < 1.29 is 4.74 Å². The number of likely N-dealkylation sites (tertiary alicyclic amines) is 1. The topological polar surface area (TPSA) is 36.3 Å². The lowest BCUT2D eigenvalue weighted by atomic mass is 9.76. The fourth-order valence-corrected chi connectivity index (χ4v) is 3.92. The zero-order chi connectivity index (χ0) is 13.7. The summed E-state index contributed by atoms with van der Waals surface area (Å²) in [4.78, 5) is 2.55. The molecule has 0 N–H and O–H groups in total. The van der Waals surface area contributed by atoms with E-state index >= 15 is 0 Å². The summed E-state index contributed by atoms with van der Waals surface area (Å²) >= 11 is 0. The van der Waals surface area contributed by atoms with Crippen LogP contribution in [-0.4, -0.2) is 37.2 Å². The largest absolute Gasteiger partial charge is 0.380 e. The Morgan fingerprint density at radius 1 is 1.32 bits per heavy atom. The summed E-state index contributed by atoms with van der Waals surface area (Å²) in [5.41, 5.74) is 0. The first-order chi connectivity index (χ1) is 9.28. The first-order valence-corrected chi connectivity index (χ1v) is 7.95. The van der Waals surface area contributed by atoms with Gasteiger partial charge in [-0.15, -0.1) is 0 Å². The van der Waals surface area contributed by atoms with Crippen molar-refractivity contribution in [3.05, 3.63) is 0 Å². The van der Waals surface area contributed by atoms with Crippen LogP contribution in [0.4, 0.5) is 0 Å². The van der Waals surface area contributed by atoms with Crippen LogP contribution in [0, 0.1) is 23.2 Å². The third-order valence-electron chi connectivity index (χ3n) is 5.00. The van der Waals surface area contributed by atoms with Crippen molar-refractivity contribution in [1.82, 2.24) is 4.90 Å². The molecular weight excluding hydrogens is 236 g/mol. The van der Waals surface area contributed by atoms with Crippen LogP contribution in [0.1, 0.15) is 51.9 Å². The predicted octanol–water partition coefficient (Wildman–Crippen LogP) is 3.21. The van der Waals surface area contributed by atoms with Gasteiger partial charge in [-0.1, -0.05) is 19.8 Å². The molecule has 1 saturated carbocycles. The molecule has 108 valence electrons. The molecule has 0 aromatic heterocycles. The van der Waals surface area contributed by atoms with E-state index in [4.69, 9.17) is 4.74 Å². The molecule has 0 amide bonds. The monoisotopic (exact) mass is 264 g/mol. The Bertz CT molecular complexity index is 312. The molecule has 1 aliphatic heterocycles. The van der Waals surface area contributed by atoms with Gasteiger partial charge in [0.25, 0.3) is 0 Å². The van der Waals surface area contributed by atoms with Gasteiger partial charge < -0.3 is 4.74 Å². The van der Waals surface area contributed by atoms with Gasteiger partial charge in [-0.2, -0.15) is 5.26 Å². The smallest absolute Gasteiger partial charge is 0.0698 e. The summed E-state index contributed by atoms with van der Waals surface area (Å²) in [5.74, 6) is 1.08. The fraction of sp³-hybridized carbons (Fsp3) is 0.938. The van der Waals surface area contributed by atoms with E-state index in [1.807, 2.05) is 7.11 Å². The van der Waals surface area contributed by atoms with Crippen molar-refractivity contribution in [1.29, 1.82) is 5.26 Å². The van der Waals surface area contributed by atoms with E-state index in [0.717, 1.165) is 25.4 Å². The number of hydrogen-bond acceptors (Lipinski definition) is 3. The van der Waals surface area contributed by atoms with E-state index in [2.05, 4.69) is 17.9 Å². The number of nitrogens with zero attached hydrogens (tertiary/aromatic N) is 2. The van der Waals surface area contributed by atoms with Crippen molar-refractivity contribution in [2.45, 2.75) is 64.0 Å². The number of ether oxygens (including phenoxy) is 1. The molecule has 3 nitrogen and oxygen atoms in total. The fourth-order valence-electron chi connectivity index (χ4n) is 3.92. The SMILES string of the molecule is CCCC1CCC(C#N)C(N2CCCC(OC)C2)C1. The van der Waals surface area contributed by atoms with Crippen molar-refractivity contribution >= 4 is 0 Å². The lowest BCUT2D eigenvalue weighted by molar-refractivity contribution is -0.00622. The molecule has 0 aromatic rings. The molecule has 2 rings (SSSR count). The third-order valence-corrected chi connectivity index (χ3v) is 5.00.